The fraction of sp³-hybridized carbons (Fsp3) is 1.00. The first-order valence-corrected chi connectivity index (χ1v) is 10.6. The van der Waals surface area contributed by atoms with Gasteiger partial charge in [0.1, 0.15) is 0 Å². The van der Waals surface area contributed by atoms with Crippen LogP contribution in [0, 0.1) is 0 Å². The van der Waals surface area contributed by atoms with Gasteiger partial charge in [0.15, 0.2) is 8.32 Å². The quantitative estimate of drug-likeness (QED) is 0.422. The molecule has 4 nitrogen and oxygen atoms in total. The van der Waals surface area contributed by atoms with Crippen LogP contribution in [0.1, 0.15) is 34.1 Å². The highest BCUT2D eigenvalue weighted by Gasteiger charge is 2.48. The molecule has 1 atom stereocenters. The van der Waals surface area contributed by atoms with Crippen molar-refractivity contribution in [3.63, 3.8) is 0 Å². The third kappa shape index (κ3) is 5.34. The Morgan fingerprint density at radius 2 is 1.60 bits per heavy atom. The first kappa shape index (κ1) is 19.9. The molecule has 1 unspecified atom stereocenters. The highest BCUT2D eigenvalue weighted by molar-refractivity contribution is 7.87. The summed E-state index contributed by atoms with van der Waals surface area (Å²) in [6.45, 7) is 11.2. The number of halogens is 3. The van der Waals surface area contributed by atoms with Crippen LogP contribution in [-0.4, -0.2) is 35.0 Å². The standard InChI is InChI=1S/C11H23F3O4SSi/c1-7-9(18-19(15,16)11(12,13)14)8-17-20(5,6)10(2,3)4/h9H,7-8H2,1-6H3. The largest absolute Gasteiger partial charge is 0.523 e. The van der Waals surface area contributed by atoms with E-state index in [1.807, 2.05) is 33.9 Å². The Hall–Kier alpha value is -0.123. The topological polar surface area (TPSA) is 52.6 Å². The van der Waals surface area contributed by atoms with Gasteiger partial charge in [0.25, 0.3) is 0 Å². The zero-order chi connectivity index (χ0) is 16.4. The summed E-state index contributed by atoms with van der Waals surface area (Å²) in [6.07, 6.45) is -1.01. The maximum absolute atomic E-state index is 12.2. The smallest absolute Gasteiger partial charge is 0.414 e. The van der Waals surface area contributed by atoms with Gasteiger partial charge in [-0.15, -0.1) is 0 Å². The van der Waals surface area contributed by atoms with Crippen molar-refractivity contribution in [2.75, 3.05) is 6.61 Å². The van der Waals surface area contributed by atoms with Crippen LogP contribution >= 0.6 is 0 Å². The van der Waals surface area contributed by atoms with Gasteiger partial charge in [-0.25, -0.2) is 0 Å². The minimum atomic E-state index is -5.58. The van der Waals surface area contributed by atoms with Gasteiger partial charge in [-0.2, -0.15) is 21.6 Å². The zero-order valence-electron chi connectivity index (χ0n) is 12.7. The predicted octanol–water partition coefficient (Wildman–Crippen LogP) is 3.65. The van der Waals surface area contributed by atoms with Crippen LogP contribution in [0.5, 0.6) is 0 Å². The molecular weight excluding hydrogens is 313 g/mol. The molecule has 0 radical (unpaired) electrons. The van der Waals surface area contributed by atoms with Crippen LogP contribution in [0.25, 0.3) is 0 Å². The van der Waals surface area contributed by atoms with E-state index >= 15 is 0 Å². The molecule has 0 spiro atoms. The van der Waals surface area contributed by atoms with E-state index in [-0.39, 0.29) is 18.1 Å². The van der Waals surface area contributed by atoms with E-state index in [2.05, 4.69) is 4.18 Å². The van der Waals surface area contributed by atoms with Crippen molar-refractivity contribution >= 4 is 18.4 Å². The Morgan fingerprint density at radius 3 is 1.90 bits per heavy atom. The second-order valence-corrected chi connectivity index (χ2v) is 12.5. The van der Waals surface area contributed by atoms with Crippen molar-refractivity contribution in [3.8, 4) is 0 Å². The summed E-state index contributed by atoms with van der Waals surface area (Å²) in [5.41, 5.74) is -5.41. The van der Waals surface area contributed by atoms with E-state index in [4.69, 9.17) is 4.43 Å². The molecule has 0 aromatic rings. The lowest BCUT2D eigenvalue weighted by Crippen LogP contribution is -2.43. The molecule has 0 saturated heterocycles. The summed E-state index contributed by atoms with van der Waals surface area (Å²) in [4.78, 5) is 0. The molecule has 0 fully saturated rings. The normalized spacial score (nSPS) is 16.2. The Balaban J connectivity index is 4.77. The Labute approximate surface area is 119 Å². The molecule has 0 aliphatic carbocycles. The summed E-state index contributed by atoms with van der Waals surface area (Å²) in [6, 6.07) is 0. The molecule has 0 amide bonds. The molecule has 0 heterocycles. The van der Waals surface area contributed by atoms with Crippen molar-refractivity contribution in [2.24, 2.45) is 0 Å². The second kappa shape index (κ2) is 6.33. The summed E-state index contributed by atoms with van der Waals surface area (Å²) in [7, 11) is -7.74. The molecule has 0 aromatic heterocycles. The number of hydrogen-bond acceptors (Lipinski definition) is 4. The minimum Gasteiger partial charge on any atom is -0.414 e. The number of rotatable bonds is 6. The minimum absolute atomic E-state index is 0.115. The third-order valence-corrected chi connectivity index (χ3v) is 9.03. The van der Waals surface area contributed by atoms with Gasteiger partial charge in [-0.3, -0.25) is 4.18 Å². The molecule has 9 heteroatoms. The maximum Gasteiger partial charge on any atom is 0.523 e. The average Bonchev–Trinajstić information content (AvgIpc) is 2.20. The van der Waals surface area contributed by atoms with Crippen LogP contribution in [0.2, 0.25) is 18.1 Å². The molecule has 0 saturated carbocycles. The summed E-state index contributed by atoms with van der Waals surface area (Å²) in [5, 5.41) is -0.117. The highest BCUT2D eigenvalue weighted by atomic mass is 32.2. The van der Waals surface area contributed by atoms with Crippen LogP contribution in [-0.2, 0) is 18.7 Å². The third-order valence-electron chi connectivity index (χ3n) is 3.44. The molecule has 0 aliphatic rings. The lowest BCUT2D eigenvalue weighted by molar-refractivity contribution is -0.0589. The Bertz CT molecular complexity index is 412. The van der Waals surface area contributed by atoms with Crippen LogP contribution in [0.15, 0.2) is 0 Å². The molecular formula is C11H23F3O4SSi. The van der Waals surface area contributed by atoms with Crippen LogP contribution in [0.4, 0.5) is 13.2 Å². The van der Waals surface area contributed by atoms with E-state index < -0.39 is 30.0 Å². The molecule has 122 valence electrons. The Morgan fingerprint density at radius 1 is 1.15 bits per heavy atom. The highest BCUT2D eigenvalue weighted by Crippen LogP contribution is 2.37. The van der Waals surface area contributed by atoms with Crippen molar-refractivity contribution in [2.45, 2.75) is 63.9 Å². The summed E-state index contributed by atoms with van der Waals surface area (Å²) in [5.74, 6) is 0. The van der Waals surface area contributed by atoms with Crippen molar-refractivity contribution in [1.82, 2.24) is 0 Å². The van der Waals surface area contributed by atoms with E-state index in [9.17, 15) is 21.6 Å². The molecule has 0 N–H and O–H groups in total. The van der Waals surface area contributed by atoms with E-state index in [0.29, 0.717) is 0 Å². The van der Waals surface area contributed by atoms with Gasteiger partial charge < -0.3 is 4.43 Å². The van der Waals surface area contributed by atoms with Crippen LogP contribution < -0.4 is 0 Å². The molecule has 0 bridgehead atoms. The van der Waals surface area contributed by atoms with Gasteiger partial charge in [-0.05, 0) is 24.6 Å². The lowest BCUT2D eigenvalue weighted by atomic mass is 10.2. The number of hydrogen-bond donors (Lipinski definition) is 0. The van der Waals surface area contributed by atoms with Gasteiger partial charge in [0, 0.05) is 0 Å². The fourth-order valence-electron chi connectivity index (χ4n) is 0.965. The predicted molar refractivity (Wildman–Crippen MR) is 73.3 cm³/mol. The van der Waals surface area contributed by atoms with E-state index in [1.165, 1.54) is 0 Å². The van der Waals surface area contributed by atoms with Crippen molar-refractivity contribution < 1.29 is 30.2 Å². The van der Waals surface area contributed by atoms with Crippen molar-refractivity contribution in [3.05, 3.63) is 0 Å². The van der Waals surface area contributed by atoms with E-state index in [0.717, 1.165) is 0 Å². The molecule has 20 heavy (non-hydrogen) atoms. The molecule has 0 rings (SSSR count). The van der Waals surface area contributed by atoms with Gasteiger partial charge >= 0.3 is 15.6 Å². The van der Waals surface area contributed by atoms with Gasteiger partial charge in [-0.1, -0.05) is 27.7 Å². The molecule has 0 aliphatic heterocycles. The second-order valence-electron chi connectivity index (χ2n) is 6.10. The van der Waals surface area contributed by atoms with Gasteiger partial charge in [0.05, 0.1) is 12.7 Å². The zero-order valence-corrected chi connectivity index (χ0v) is 14.5. The monoisotopic (exact) mass is 336 g/mol. The lowest BCUT2D eigenvalue weighted by Gasteiger charge is -2.37. The summed E-state index contributed by atoms with van der Waals surface area (Å²) >= 11 is 0. The summed E-state index contributed by atoms with van der Waals surface area (Å²) < 4.78 is 68.5. The maximum atomic E-state index is 12.2. The SMILES string of the molecule is CCC(CO[Si](C)(C)C(C)(C)C)OS(=O)(=O)C(F)(F)F. The number of alkyl halides is 3. The average molecular weight is 336 g/mol. The van der Waals surface area contributed by atoms with E-state index in [1.54, 1.807) is 6.92 Å². The fourth-order valence-corrected chi connectivity index (χ4v) is 2.66. The van der Waals surface area contributed by atoms with Crippen molar-refractivity contribution in [1.29, 1.82) is 0 Å². The van der Waals surface area contributed by atoms with Gasteiger partial charge in [0.2, 0.25) is 0 Å². The van der Waals surface area contributed by atoms with Crippen LogP contribution in [0.3, 0.4) is 0 Å². The first-order chi connectivity index (χ1) is 8.64. The Kier molecular flexibility index (Phi) is 6.29. The molecule has 0 aromatic carbocycles. The first-order valence-electron chi connectivity index (χ1n) is 6.27.